The zero-order valence-electron chi connectivity index (χ0n) is 9.10. The number of hydrogen-bond acceptors (Lipinski definition) is 3. The van der Waals surface area contributed by atoms with Gasteiger partial charge in [0.05, 0.1) is 0 Å². The SMILES string of the molecule is CC(=O)OC1CC2CCCN2C(=O)N1C. The Kier molecular flexibility index (Phi) is 2.54. The monoisotopic (exact) mass is 212 g/mol. The zero-order chi connectivity index (χ0) is 11.0. The first-order valence-electron chi connectivity index (χ1n) is 5.30. The average molecular weight is 212 g/mol. The summed E-state index contributed by atoms with van der Waals surface area (Å²) in [6, 6.07) is 0.244. The molecule has 0 bridgehead atoms. The van der Waals surface area contributed by atoms with Crippen LogP contribution in [0.5, 0.6) is 0 Å². The van der Waals surface area contributed by atoms with E-state index in [1.54, 1.807) is 7.05 Å². The normalized spacial score (nSPS) is 30.4. The van der Waals surface area contributed by atoms with Gasteiger partial charge in [-0.25, -0.2) is 4.79 Å². The van der Waals surface area contributed by atoms with Crippen LogP contribution in [0.25, 0.3) is 0 Å². The minimum atomic E-state index is -0.380. The molecule has 5 nitrogen and oxygen atoms in total. The largest absolute Gasteiger partial charge is 0.442 e. The molecule has 2 saturated heterocycles. The summed E-state index contributed by atoms with van der Waals surface area (Å²) in [4.78, 5) is 26.1. The average Bonchev–Trinajstić information content (AvgIpc) is 2.61. The van der Waals surface area contributed by atoms with Crippen LogP contribution in [0.3, 0.4) is 0 Å². The number of fused-ring (bicyclic) bond motifs is 1. The van der Waals surface area contributed by atoms with Gasteiger partial charge in [0.25, 0.3) is 0 Å². The lowest BCUT2D eigenvalue weighted by Gasteiger charge is -2.40. The molecule has 2 heterocycles. The van der Waals surface area contributed by atoms with E-state index in [-0.39, 0.29) is 24.3 Å². The molecule has 0 aromatic heterocycles. The first-order chi connectivity index (χ1) is 7.09. The van der Waals surface area contributed by atoms with E-state index in [0.717, 1.165) is 25.8 Å². The molecule has 5 heteroatoms. The maximum atomic E-state index is 11.9. The van der Waals surface area contributed by atoms with Gasteiger partial charge in [-0.05, 0) is 12.8 Å². The zero-order valence-corrected chi connectivity index (χ0v) is 9.10. The molecule has 2 unspecified atom stereocenters. The van der Waals surface area contributed by atoms with Crippen molar-refractivity contribution in [2.24, 2.45) is 0 Å². The summed E-state index contributed by atoms with van der Waals surface area (Å²) in [5.74, 6) is -0.328. The molecule has 84 valence electrons. The van der Waals surface area contributed by atoms with E-state index in [9.17, 15) is 9.59 Å². The number of carbonyl (C=O) groups is 2. The molecule has 2 atom stereocenters. The maximum Gasteiger partial charge on any atom is 0.322 e. The van der Waals surface area contributed by atoms with Gasteiger partial charge < -0.3 is 9.64 Å². The number of amides is 2. The molecule has 0 aromatic rings. The Morgan fingerprint density at radius 3 is 2.93 bits per heavy atom. The lowest BCUT2D eigenvalue weighted by molar-refractivity contribution is -0.156. The van der Waals surface area contributed by atoms with Crippen molar-refractivity contribution in [3.05, 3.63) is 0 Å². The summed E-state index contributed by atoms with van der Waals surface area (Å²) in [5.41, 5.74) is 0. The Balaban J connectivity index is 2.08. The second-order valence-corrected chi connectivity index (χ2v) is 4.18. The van der Waals surface area contributed by atoms with E-state index in [4.69, 9.17) is 4.74 Å². The van der Waals surface area contributed by atoms with Gasteiger partial charge in [-0.2, -0.15) is 0 Å². The van der Waals surface area contributed by atoms with E-state index in [1.807, 2.05) is 4.90 Å². The van der Waals surface area contributed by atoms with Crippen molar-refractivity contribution in [3.63, 3.8) is 0 Å². The van der Waals surface area contributed by atoms with Gasteiger partial charge in [-0.15, -0.1) is 0 Å². The number of nitrogens with zero attached hydrogens (tertiary/aromatic N) is 2. The number of urea groups is 1. The highest BCUT2D eigenvalue weighted by molar-refractivity contribution is 5.76. The fraction of sp³-hybridized carbons (Fsp3) is 0.800. The number of hydrogen-bond donors (Lipinski definition) is 0. The van der Waals surface area contributed by atoms with E-state index in [2.05, 4.69) is 0 Å². The molecule has 0 saturated carbocycles. The number of rotatable bonds is 1. The predicted molar refractivity (Wildman–Crippen MR) is 53.1 cm³/mol. The van der Waals surface area contributed by atoms with Crippen LogP contribution in [-0.2, 0) is 9.53 Å². The fourth-order valence-electron chi connectivity index (χ4n) is 2.37. The van der Waals surface area contributed by atoms with Crippen LogP contribution < -0.4 is 0 Å². The second-order valence-electron chi connectivity index (χ2n) is 4.18. The fourth-order valence-corrected chi connectivity index (χ4v) is 2.37. The minimum absolute atomic E-state index is 0.0185. The summed E-state index contributed by atoms with van der Waals surface area (Å²) in [6.45, 7) is 2.21. The summed E-state index contributed by atoms with van der Waals surface area (Å²) in [6.07, 6.45) is 2.44. The smallest absolute Gasteiger partial charge is 0.322 e. The molecular weight excluding hydrogens is 196 g/mol. The third kappa shape index (κ3) is 1.78. The summed E-state index contributed by atoms with van der Waals surface area (Å²) in [5, 5.41) is 0. The van der Waals surface area contributed by atoms with Crippen molar-refractivity contribution < 1.29 is 14.3 Å². The Morgan fingerprint density at radius 2 is 2.27 bits per heavy atom. The van der Waals surface area contributed by atoms with Gasteiger partial charge in [0.1, 0.15) is 0 Å². The first-order valence-corrected chi connectivity index (χ1v) is 5.30. The van der Waals surface area contributed by atoms with E-state index in [1.165, 1.54) is 11.8 Å². The second kappa shape index (κ2) is 3.72. The van der Waals surface area contributed by atoms with Gasteiger partial charge in [0.15, 0.2) is 6.23 Å². The van der Waals surface area contributed by atoms with Crippen molar-refractivity contribution in [3.8, 4) is 0 Å². The van der Waals surface area contributed by atoms with Gasteiger partial charge in [-0.1, -0.05) is 0 Å². The van der Waals surface area contributed by atoms with Crippen molar-refractivity contribution in [2.75, 3.05) is 13.6 Å². The van der Waals surface area contributed by atoms with Crippen LogP contribution in [0.2, 0.25) is 0 Å². The van der Waals surface area contributed by atoms with Crippen molar-refractivity contribution in [1.29, 1.82) is 0 Å². The molecule has 15 heavy (non-hydrogen) atoms. The maximum absolute atomic E-state index is 11.9. The third-order valence-electron chi connectivity index (χ3n) is 3.13. The van der Waals surface area contributed by atoms with E-state index in [0.29, 0.717) is 0 Å². The van der Waals surface area contributed by atoms with Crippen LogP contribution in [0.4, 0.5) is 4.79 Å². The van der Waals surface area contributed by atoms with Crippen molar-refractivity contribution in [2.45, 2.75) is 38.5 Å². The molecule has 2 fully saturated rings. The Labute approximate surface area is 89.0 Å². The molecule has 2 aliphatic heterocycles. The third-order valence-corrected chi connectivity index (χ3v) is 3.13. The van der Waals surface area contributed by atoms with Crippen molar-refractivity contribution in [1.82, 2.24) is 9.80 Å². The van der Waals surface area contributed by atoms with Gasteiger partial charge in [0.2, 0.25) is 0 Å². The Hall–Kier alpha value is -1.26. The highest BCUT2D eigenvalue weighted by Crippen LogP contribution is 2.29. The topological polar surface area (TPSA) is 49.9 Å². The highest BCUT2D eigenvalue weighted by Gasteiger charge is 2.41. The molecule has 2 rings (SSSR count). The van der Waals surface area contributed by atoms with Crippen LogP contribution in [0.1, 0.15) is 26.2 Å². The number of esters is 1. The number of carbonyl (C=O) groups excluding carboxylic acids is 2. The van der Waals surface area contributed by atoms with Crippen LogP contribution in [0, 0.1) is 0 Å². The Morgan fingerprint density at radius 1 is 1.53 bits per heavy atom. The van der Waals surface area contributed by atoms with E-state index < -0.39 is 0 Å². The predicted octanol–water partition coefficient (Wildman–Crippen LogP) is 0.796. The molecule has 0 radical (unpaired) electrons. The lowest BCUT2D eigenvalue weighted by Crippen LogP contribution is -2.56. The molecule has 2 aliphatic rings. The van der Waals surface area contributed by atoms with Gasteiger partial charge >= 0.3 is 12.0 Å². The highest BCUT2D eigenvalue weighted by atomic mass is 16.6. The van der Waals surface area contributed by atoms with Crippen LogP contribution in [-0.4, -0.2) is 47.7 Å². The summed E-state index contributed by atoms with van der Waals surface area (Å²) < 4.78 is 5.12. The molecule has 0 aromatic carbocycles. The van der Waals surface area contributed by atoms with Gasteiger partial charge in [-0.3, -0.25) is 9.69 Å². The first kappa shape index (κ1) is 10.3. The van der Waals surface area contributed by atoms with Crippen LogP contribution in [0.15, 0.2) is 0 Å². The minimum Gasteiger partial charge on any atom is -0.442 e. The quantitative estimate of drug-likeness (QED) is 0.604. The van der Waals surface area contributed by atoms with E-state index >= 15 is 0 Å². The molecule has 0 spiro atoms. The van der Waals surface area contributed by atoms with Gasteiger partial charge in [0, 0.05) is 33.0 Å². The lowest BCUT2D eigenvalue weighted by atomic mass is 10.1. The molecule has 2 amide bonds. The molecular formula is C10H16N2O3. The summed E-state index contributed by atoms with van der Waals surface area (Å²) >= 11 is 0. The van der Waals surface area contributed by atoms with Crippen LogP contribution >= 0.6 is 0 Å². The standard InChI is InChI=1S/C10H16N2O3/c1-7(13)15-9-6-8-4-3-5-12(8)10(14)11(9)2/h8-9H,3-6H2,1-2H3. The molecule has 0 N–H and O–H groups in total. The Bertz CT molecular complexity index is 292. The summed E-state index contributed by atoms with van der Waals surface area (Å²) in [7, 11) is 1.68. The molecule has 0 aliphatic carbocycles. The van der Waals surface area contributed by atoms with Crippen molar-refractivity contribution >= 4 is 12.0 Å². The number of ether oxygens (including phenoxy) is 1.